The van der Waals surface area contributed by atoms with Crippen molar-refractivity contribution in [2.24, 2.45) is 0 Å². The first-order chi connectivity index (χ1) is 13.7. The first-order valence-corrected chi connectivity index (χ1v) is 11.5. The highest BCUT2D eigenvalue weighted by Crippen LogP contribution is 2.25. The molecule has 29 heavy (non-hydrogen) atoms. The average molecular weight is 433 g/mol. The van der Waals surface area contributed by atoms with Crippen LogP contribution in [0, 0.1) is 13.8 Å². The third-order valence-electron chi connectivity index (χ3n) is 3.67. The van der Waals surface area contributed by atoms with Gasteiger partial charge in [-0.3, -0.25) is 9.52 Å². The van der Waals surface area contributed by atoms with Gasteiger partial charge in [-0.15, -0.1) is 10.2 Å². The maximum Gasteiger partial charge on any atom is 0.277 e. The maximum atomic E-state index is 12.2. The molecule has 0 unspecified atom stereocenters. The highest BCUT2D eigenvalue weighted by molar-refractivity contribution is 7.99. The summed E-state index contributed by atoms with van der Waals surface area (Å²) in [4.78, 5) is 12.2. The Morgan fingerprint density at radius 2 is 1.69 bits per heavy atom. The molecule has 0 saturated heterocycles. The van der Waals surface area contributed by atoms with Gasteiger partial charge in [0.05, 0.1) is 12.0 Å². The quantitative estimate of drug-likeness (QED) is 0.550. The zero-order chi connectivity index (χ0) is 21.0. The summed E-state index contributed by atoms with van der Waals surface area (Å²) < 4.78 is 30.4. The minimum absolute atomic E-state index is 0.131. The molecule has 2 aromatic carbocycles. The SMILES string of the molecule is Cc1cc(C)cc(NC(=O)CSc2nnc(-c3ccc(NS(C)(=O)=O)cc3)o2)c1. The largest absolute Gasteiger partial charge is 0.411 e. The summed E-state index contributed by atoms with van der Waals surface area (Å²) in [6.07, 6.45) is 1.08. The van der Waals surface area contributed by atoms with Gasteiger partial charge in [0.2, 0.25) is 21.8 Å². The smallest absolute Gasteiger partial charge is 0.277 e. The molecule has 0 saturated carbocycles. The lowest BCUT2D eigenvalue weighted by atomic mass is 10.1. The van der Waals surface area contributed by atoms with E-state index >= 15 is 0 Å². The van der Waals surface area contributed by atoms with Crippen molar-refractivity contribution in [3.63, 3.8) is 0 Å². The van der Waals surface area contributed by atoms with Gasteiger partial charge in [-0.2, -0.15) is 0 Å². The molecular weight excluding hydrogens is 412 g/mol. The van der Waals surface area contributed by atoms with E-state index in [9.17, 15) is 13.2 Å². The van der Waals surface area contributed by atoms with Gasteiger partial charge in [0.15, 0.2) is 0 Å². The summed E-state index contributed by atoms with van der Waals surface area (Å²) in [5, 5.41) is 11.0. The molecule has 0 radical (unpaired) electrons. The molecule has 152 valence electrons. The van der Waals surface area contributed by atoms with Crippen LogP contribution in [0.1, 0.15) is 11.1 Å². The summed E-state index contributed by atoms with van der Waals surface area (Å²) >= 11 is 1.14. The molecule has 0 atom stereocenters. The third kappa shape index (κ3) is 6.33. The molecule has 0 aliphatic carbocycles. The lowest BCUT2D eigenvalue weighted by Crippen LogP contribution is -2.14. The second-order valence-electron chi connectivity index (χ2n) is 6.54. The first kappa shape index (κ1) is 20.9. The first-order valence-electron chi connectivity index (χ1n) is 8.61. The molecule has 3 aromatic rings. The molecule has 10 heteroatoms. The lowest BCUT2D eigenvalue weighted by Gasteiger charge is -2.06. The van der Waals surface area contributed by atoms with E-state index in [1.165, 1.54) is 0 Å². The molecule has 0 aliphatic rings. The van der Waals surface area contributed by atoms with Crippen molar-refractivity contribution >= 4 is 39.1 Å². The predicted octanol–water partition coefficient (Wildman–Crippen LogP) is 3.46. The van der Waals surface area contributed by atoms with Gasteiger partial charge in [-0.05, 0) is 61.4 Å². The maximum absolute atomic E-state index is 12.2. The van der Waals surface area contributed by atoms with Crippen molar-refractivity contribution in [3.05, 3.63) is 53.6 Å². The van der Waals surface area contributed by atoms with Gasteiger partial charge in [0, 0.05) is 16.9 Å². The molecule has 0 spiro atoms. The van der Waals surface area contributed by atoms with E-state index in [0.29, 0.717) is 11.3 Å². The van der Waals surface area contributed by atoms with Crippen LogP contribution in [-0.2, 0) is 14.8 Å². The Morgan fingerprint density at radius 1 is 1.03 bits per heavy atom. The van der Waals surface area contributed by atoms with Crippen LogP contribution in [0.2, 0.25) is 0 Å². The fourth-order valence-corrected chi connectivity index (χ4v) is 3.78. The zero-order valence-electron chi connectivity index (χ0n) is 16.1. The number of aromatic nitrogens is 2. The summed E-state index contributed by atoms with van der Waals surface area (Å²) in [5.41, 5.74) is 3.98. The van der Waals surface area contributed by atoms with Crippen molar-refractivity contribution in [1.29, 1.82) is 0 Å². The summed E-state index contributed by atoms with van der Waals surface area (Å²) in [5.74, 6) is 0.246. The fourth-order valence-electron chi connectivity index (χ4n) is 2.65. The summed E-state index contributed by atoms with van der Waals surface area (Å²) in [6, 6.07) is 12.4. The number of amides is 1. The molecular formula is C19H20N4O4S2. The van der Waals surface area contributed by atoms with E-state index in [1.807, 2.05) is 32.0 Å². The number of rotatable bonds is 7. The van der Waals surface area contributed by atoms with Crippen molar-refractivity contribution in [1.82, 2.24) is 10.2 Å². The van der Waals surface area contributed by atoms with Crippen LogP contribution in [0.4, 0.5) is 11.4 Å². The molecule has 0 aliphatic heterocycles. The molecule has 8 nitrogen and oxygen atoms in total. The van der Waals surface area contributed by atoms with Crippen LogP contribution in [0.15, 0.2) is 52.1 Å². The number of benzene rings is 2. The van der Waals surface area contributed by atoms with E-state index in [2.05, 4.69) is 20.2 Å². The molecule has 0 bridgehead atoms. The molecule has 1 heterocycles. The Kier molecular flexibility index (Phi) is 6.23. The van der Waals surface area contributed by atoms with Crippen molar-refractivity contribution in [3.8, 4) is 11.5 Å². The predicted molar refractivity (Wildman–Crippen MR) is 113 cm³/mol. The van der Waals surface area contributed by atoms with Crippen LogP contribution < -0.4 is 10.0 Å². The van der Waals surface area contributed by atoms with Gasteiger partial charge in [-0.1, -0.05) is 17.8 Å². The highest BCUT2D eigenvalue weighted by atomic mass is 32.2. The minimum atomic E-state index is -3.34. The van der Waals surface area contributed by atoms with E-state index in [-0.39, 0.29) is 22.8 Å². The van der Waals surface area contributed by atoms with Crippen molar-refractivity contribution in [2.75, 3.05) is 22.0 Å². The van der Waals surface area contributed by atoms with Crippen molar-refractivity contribution in [2.45, 2.75) is 19.1 Å². The lowest BCUT2D eigenvalue weighted by molar-refractivity contribution is -0.113. The molecule has 1 amide bonds. The zero-order valence-corrected chi connectivity index (χ0v) is 17.7. The van der Waals surface area contributed by atoms with Crippen LogP contribution in [0.5, 0.6) is 0 Å². The van der Waals surface area contributed by atoms with Crippen LogP contribution in [-0.4, -0.2) is 36.5 Å². The molecule has 2 N–H and O–H groups in total. The number of nitrogens with zero attached hydrogens (tertiary/aromatic N) is 2. The summed E-state index contributed by atoms with van der Waals surface area (Å²) in [6.45, 7) is 3.95. The van der Waals surface area contributed by atoms with Gasteiger partial charge in [0.25, 0.3) is 5.22 Å². The number of hydrogen-bond donors (Lipinski definition) is 2. The van der Waals surface area contributed by atoms with Gasteiger partial charge in [0.1, 0.15) is 0 Å². The Hall–Kier alpha value is -2.85. The number of hydrogen-bond acceptors (Lipinski definition) is 7. The van der Waals surface area contributed by atoms with Crippen LogP contribution in [0.3, 0.4) is 0 Å². The van der Waals surface area contributed by atoms with E-state index < -0.39 is 10.0 Å². The van der Waals surface area contributed by atoms with E-state index in [0.717, 1.165) is 34.8 Å². The Morgan fingerprint density at radius 3 is 2.31 bits per heavy atom. The molecule has 0 fully saturated rings. The standard InChI is InChI=1S/C19H20N4O4S2/c1-12-8-13(2)10-16(9-12)20-17(24)11-28-19-22-21-18(27-19)14-4-6-15(7-5-14)23-29(3,25)26/h4-10,23H,11H2,1-3H3,(H,20,24). The average Bonchev–Trinajstić information content (AvgIpc) is 3.07. The fraction of sp³-hybridized carbons (Fsp3) is 0.211. The summed E-state index contributed by atoms with van der Waals surface area (Å²) in [7, 11) is -3.34. The number of carbonyl (C=O) groups excluding carboxylic acids is 1. The topological polar surface area (TPSA) is 114 Å². The number of carbonyl (C=O) groups is 1. The highest BCUT2D eigenvalue weighted by Gasteiger charge is 2.12. The van der Waals surface area contributed by atoms with Crippen LogP contribution in [0.25, 0.3) is 11.5 Å². The Balaban J connectivity index is 1.58. The number of nitrogens with one attached hydrogen (secondary N) is 2. The molecule has 3 rings (SSSR count). The number of anilines is 2. The minimum Gasteiger partial charge on any atom is -0.411 e. The number of thioether (sulfide) groups is 1. The van der Waals surface area contributed by atoms with Crippen LogP contribution >= 0.6 is 11.8 Å². The van der Waals surface area contributed by atoms with E-state index in [4.69, 9.17) is 4.42 Å². The van der Waals surface area contributed by atoms with Gasteiger partial charge >= 0.3 is 0 Å². The number of aryl methyl sites for hydroxylation is 2. The second-order valence-corrected chi connectivity index (χ2v) is 9.21. The Bertz CT molecular complexity index is 1110. The van der Waals surface area contributed by atoms with Gasteiger partial charge < -0.3 is 9.73 Å². The molecule has 1 aromatic heterocycles. The van der Waals surface area contributed by atoms with Crippen molar-refractivity contribution < 1.29 is 17.6 Å². The third-order valence-corrected chi connectivity index (χ3v) is 5.10. The normalized spacial score (nSPS) is 11.3. The number of sulfonamides is 1. The van der Waals surface area contributed by atoms with E-state index in [1.54, 1.807) is 24.3 Å². The van der Waals surface area contributed by atoms with Gasteiger partial charge in [-0.25, -0.2) is 8.42 Å². The Labute approximate surface area is 173 Å². The second kappa shape index (κ2) is 8.66. The monoisotopic (exact) mass is 432 g/mol.